The monoisotopic (exact) mass is 436 g/mol. The summed E-state index contributed by atoms with van der Waals surface area (Å²) in [6, 6.07) is 15.5. The van der Waals surface area contributed by atoms with E-state index in [4.69, 9.17) is 16.6 Å². The lowest BCUT2D eigenvalue weighted by atomic mass is 10.2. The Labute approximate surface area is 177 Å². The molecule has 0 fully saturated rings. The number of nitrogens with zero attached hydrogens (tertiary/aromatic N) is 6. The van der Waals surface area contributed by atoms with Crippen LogP contribution in [0, 0.1) is 0 Å². The minimum Gasteiger partial charge on any atom is -0.323 e. The van der Waals surface area contributed by atoms with E-state index in [0.717, 1.165) is 21.9 Å². The summed E-state index contributed by atoms with van der Waals surface area (Å²) in [5.41, 5.74) is 3.73. The summed E-state index contributed by atoms with van der Waals surface area (Å²) >= 11 is 6.75. The molecule has 0 saturated heterocycles. The van der Waals surface area contributed by atoms with Gasteiger partial charge in [-0.05, 0) is 37.6 Å². The normalized spacial score (nSPS) is 13.2. The van der Waals surface area contributed by atoms with E-state index in [1.807, 2.05) is 65.3 Å². The van der Waals surface area contributed by atoms with Gasteiger partial charge in [0.25, 0.3) is 0 Å². The van der Waals surface area contributed by atoms with Crippen molar-refractivity contribution in [3.63, 3.8) is 0 Å². The smallest absolute Gasteiger partial charge is 0.221 e. The Morgan fingerprint density at radius 2 is 1.97 bits per heavy atom. The molecule has 0 bridgehead atoms. The van der Waals surface area contributed by atoms with Crippen LogP contribution in [0.5, 0.6) is 0 Å². The molecule has 1 atom stereocenters. The lowest BCUT2D eigenvalue weighted by Gasteiger charge is -2.12. The summed E-state index contributed by atoms with van der Waals surface area (Å²) < 4.78 is 16.0. The van der Waals surface area contributed by atoms with Crippen molar-refractivity contribution in [2.45, 2.75) is 5.50 Å². The Morgan fingerprint density at radius 1 is 1.10 bits per heavy atom. The van der Waals surface area contributed by atoms with E-state index >= 15 is 0 Å². The fourth-order valence-electron chi connectivity index (χ4n) is 3.36. The van der Waals surface area contributed by atoms with Gasteiger partial charge in [-0.2, -0.15) is 0 Å². The topological polar surface area (TPSA) is 78.0 Å². The maximum atomic E-state index is 12.5. The average Bonchev–Trinajstić information content (AvgIpc) is 3.38. The van der Waals surface area contributed by atoms with Crippen molar-refractivity contribution in [1.29, 1.82) is 0 Å². The van der Waals surface area contributed by atoms with Crippen LogP contribution < -0.4 is 5.30 Å². The molecule has 0 amide bonds. The number of pyridine rings is 1. The highest BCUT2D eigenvalue weighted by molar-refractivity contribution is 7.70. The number of fused-ring (bicyclic) bond motifs is 2. The van der Waals surface area contributed by atoms with Crippen LogP contribution in [-0.4, -0.2) is 42.7 Å². The zero-order valence-electron chi connectivity index (χ0n) is 16.3. The highest BCUT2D eigenvalue weighted by atomic mass is 35.5. The predicted molar refractivity (Wildman–Crippen MR) is 119 cm³/mol. The van der Waals surface area contributed by atoms with Gasteiger partial charge in [-0.3, -0.25) is 0 Å². The zero-order valence-corrected chi connectivity index (χ0v) is 18.0. The maximum absolute atomic E-state index is 12.5. The molecule has 5 rings (SSSR count). The van der Waals surface area contributed by atoms with E-state index in [1.54, 1.807) is 24.2 Å². The number of hydrogen-bond acceptors (Lipinski definition) is 5. The molecule has 30 heavy (non-hydrogen) atoms. The Kier molecular flexibility index (Phi) is 4.45. The summed E-state index contributed by atoms with van der Waals surface area (Å²) in [5.74, 6) is 0. The van der Waals surface area contributed by atoms with E-state index in [-0.39, 0.29) is 0 Å². The summed E-state index contributed by atoms with van der Waals surface area (Å²) in [5, 5.41) is 9.09. The van der Waals surface area contributed by atoms with Crippen molar-refractivity contribution in [2.75, 3.05) is 13.3 Å². The van der Waals surface area contributed by atoms with Crippen molar-refractivity contribution in [3.8, 4) is 11.3 Å². The molecule has 0 spiro atoms. The van der Waals surface area contributed by atoms with E-state index in [2.05, 4.69) is 15.3 Å². The van der Waals surface area contributed by atoms with Crippen LogP contribution in [0.1, 0.15) is 11.1 Å². The fraction of sp³-hybridized carbons (Fsp3) is 0.143. The SMILES string of the molecule is CP(C)(=O)c1cccc(-c2cnc3nnn(C(Cl)c4ccc5cccn5c4)c3n2)c1. The maximum Gasteiger partial charge on any atom is 0.221 e. The van der Waals surface area contributed by atoms with Crippen LogP contribution in [0.4, 0.5) is 0 Å². The summed E-state index contributed by atoms with van der Waals surface area (Å²) in [4.78, 5) is 9.12. The molecule has 4 heterocycles. The van der Waals surface area contributed by atoms with E-state index < -0.39 is 12.6 Å². The Balaban J connectivity index is 1.58. The quantitative estimate of drug-likeness (QED) is 0.312. The van der Waals surface area contributed by atoms with Crippen molar-refractivity contribution in [1.82, 2.24) is 29.4 Å². The standard InChI is InChI=1S/C21H18ClN6OP/c1-30(2,29)17-7-3-5-14(11-17)18-12-23-20-21(24-18)28(26-25-20)19(22)15-8-9-16-6-4-10-27(16)13-15/h3-13,19H,1-2H3. The van der Waals surface area contributed by atoms with Crippen molar-refractivity contribution >= 4 is 40.9 Å². The third kappa shape index (κ3) is 3.30. The van der Waals surface area contributed by atoms with E-state index in [9.17, 15) is 4.57 Å². The van der Waals surface area contributed by atoms with Crippen molar-refractivity contribution < 1.29 is 4.57 Å². The summed E-state index contributed by atoms with van der Waals surface area (Å²) in [6.45, 7) is 3.50. The molecule has 0 saturated carbocycles. The first-order chi connectivity index (χ1) is 14.4. The van der Waals surface area contributed by atoms with Crippen LogP contribution in [0.15, 0.2) is 67.1 Å². The summed E-state index contributed by atoms with van der Waals surface area (Å²) in [6.07, 6.45) is 5.57. The second-order valence-corrected chi connectivity index (χ2v) is 11.1. The molecule has 150 valence electrons. The van der Waals surface area contributed by atoms with Crippen LogP contribution >= 0.6 is 18.7 Å². The zero-order chi connectivity index (χ0) is 20.9. The second kappa shape index (κ2) is 7.04. The molecule has 7 nitrogen and oxygen atoms in total. The van der Waals surface area contributed by atoms with Crippen LogP contribution in [-0.2, 0) is 4.57 Å². The largest absolute Gasteiger partial charge is 0.323 e. The number of aromatic nitrogens is 6. The fourth-order valence-corrected chi connectivity index (χ4v) is 4.51. The third-order valence-electron chi connectivity index (χ3n) is 4.99. The molecular weight excluding hydrogens is 419 g/mol. The predicted octanol–water partition coefficient (Wildman–Crippen LogP) is 4.17. The van der Waals surface area contributed by atoms with Gasteiger partial charge in [-0.15, -0.1) is 5.10 Å². The van der Waals surface area contributed by atoms with Gasteiger partial charge in [-0.25, -0.2) is 14.6 Å². The van der Waals surface area contributed by atoms with Gasteiger partial charge in [0.1, 0.15) is 7.14 Å². The lowest BCUT2D eigenvalue weighted by molar-refractivity contribution is 0.588. The van der Waals surface area contributed by atoms with Gasteiger partial charge in [0.05, 0.1) is 11.9 Å². The van der Waals surface area contributed by atoms with Crippen LogP contribution in [0.3, 0.4) is 0 Å². The van der Waals surface area contributed by atoms with Crippen molar-refractivity contribution in [2.24, 2.45) is 0 Å². The molecule has 5 aromatic rings. The van der Waals surface area contributed by atoms with Gasteiger partial charge in [0, 0.05) is 34.3 Å². The van der Waals surface area contributed by atoms with Gasteiger partial charge >= 0.3 is 0 Å². The Bertz CT molecular complexity index is 1440. The van der Waals surface area contributed by atoms with Gasteiger partial charge in [-0.1, -0.05) is 41.1 Å². The van der Waals surface area contributed by atoms with Crippen molar-refractivity contribution in [3.05, 3.63) is 72.7 Å². The molecule has 0 radical (unpaired) electrons. The average molecular weight is 437 g/mol. The second-order valence-electron chi connectivity index (χ2n) is 7.48. The molecule has 1 aromatic carbocycles. The highest BCUT2D eigenvalue weighted by Crippen LogP contribution is 2.35. The minimum absolute atomic E-state index is 0.416. The molecule has 0 aliphatic heterocycles. The number of halogens is 1. The van der Waals surface area contributed by atoms with Gasteiger partial charge in [0.15, 0.2) is 11.1 Å². The Morgan fingerprint density at radius 3 is 2.80 bits per heavy atom. The number of alkyl halides is 1. The lowest BCUT2D eigenvalue weighted by Crippen LogP contribution is -2.08. The molecule has 4 aromatic heterocycles. The van der Waals surface area contributed by atoms with E-state index in [0.29, 0.717) is 17.0 Å². The first kappa shape index (κ1) is 19.0. The van der Waals surface area contributed by atoms with Crippen LogP contribution in [0.2, 0.25) is 0 Å². The summed E-state index contributed by atoms with van der Waals surface area (Å²) in [7, 11) is -2.38. The number of benzene rings is 1. The van der Waals surface area contributed by atoms with Crippen LogP contribution in [0.25, 0.3) is 28.1 Å². The molecule has 1 unspecified atom stereocenters. The third-order valence-corrected chi connectivity index (χ3v) is 6.95. The van der Waals surface area contributed by atoms with Gasteiger partial charge < -0.3 is 8.97 Å². The highest BCUT2D eigenvalue weighted by Gasteiger charge is 2.19. The number of hydrogen-bond donors (Lipinski definition) is 0. The molecule has 0 aliphatic rings. The molecule has 0 N–H and O–H groups in total. The molecule has 0 aliphatic carbocycles. The molecule has 9 heteroatoms. The molecular formula is C21H18ClN6OP. The van der Waals surface area contributed by atoms with E-state index in [1.165, 1.54) is 0 Å². The first-order valence-electron chi connectivity index (χ1n) is 9.35. The number of rotatable bonds is 4. The Hall–Kier alpha value is -3.02. The first-order valence-corrected chi connectivity index (χ1v) is 12.4. The van der Waals surface area contributed by atoms with Gasteiger partial charge in [0.2, 0.25) is 5.65 Å². The minimum atomic E-state index is -2.38.